The molecule has 2 aromatic rings. The van der Waals surface area contributed by atoms with Gasteiger partial charge in [0.25, 0.3) is 5.69 Å². The van der Waals surface area contributed by atoms with Crippen molar-refractivity contribution in [1.29, 1.82) is 0 Å². The van der Waals surface area contributed by atoms with E-state index >= 15 is 0 Å². The summed E-state index contributed by atoms with van der Waals surface area (Å²) in [5.41, 5.74) is 2.69. The van der Waals surface area contributed by atoms with E-state index in [-0.39, 0.29) is 5.69 Å². The van der Waals surface area contributed by atoms with E-state index < -0.39 is 4.92 Å². The molecule has 0 aliphatic rings. The summed E-state index contributed by atoms with van der Waals surface area (Å²) in [4.78, 5) is 10.4. The molecule has 1 heterocycles. The Hall–Kier alpha value is -2.41. The monoisotopic (exact) mass is 290 g/mol. The van der Waals surface area contributed by atoms with Gasteiger partial charge in [-0.15, -0.1) is 0 Å². The third-order valence-corrected chi connectivity index (χ3v) is 3.10. The van der Waals surface area contributed by atoms with Gasteiger partial charge < -0.3 is 10.1 Å². The Labute approximate surface area is 122 Å². The summed E-state index contributed by atoms with van der Waals surface area (Å²) < 4.78 is 7.54. The maximum atomic E-state index is 10.8. The first kappa shape index (κ1) is 15.0. The van der Waals surface area contributed by atoms with E-state index in [1.807, 2.05) is 20.0 Å². The smallest absolute Gasteiger partial charge is 0.270 e. The van der Waals surface area contributed by atoms with Crippen LogP contribution in [0.25, 0.3) is 0 Å². The van der Waals surface area contributed by atoms with Gasteiger partial charge in [-0.3, -0.25) is 14.8 Å². The normalized spacial score (nSPS) is 10.6. The predicted octanol–water partition coefficient (Wildman–Crippen LogP) is 1.94. The van der Waals surface area contributed by atoms with Crippen LogP contribution in [0.4, 0.5) is 5.69 Å². The topological polar surface area (TPSA) is 82.2 Å². The Morgan fingerprint density at radius 1 is 1.43 bits per heavy atom. The van der Waals surface area contributed by atoms with Crippen molar-refractivity contribution in [2.45, 2.75) is 20.1 Å². The molecule has 0 radical (unpaired) electrons. The number of aromatic nitrogens is 2. The number of hydrogen-bond acceptors (Lipinski definition) is 5. The molecule has 1 aromatic carbocycles. The second-order valence-corrected chi connectivity index (χ2v) is 4.77. The SMILES string of the molecule is CNCc1cc([N+](=O)[O-])ccc1OCc1cc(C)nn1C. The Morgan fingerprint density at radius 3 is 2.76 bits per heavy atom. The Kier molecular flexibility index (Phi) is 4.54. The predicted molar refractivity (Wildman–Crippen MR) is 78.1 cm³/mol. The van der Waals surface area contributed by atoms with Gasteiger partial charge in [-0.05, 0) is 26.1 Å². The zero-order valence-electron chi connectivity index (χ0n) is 12.3. The minimum atomic E-state index is -0.409. The van der Waals surface area contributed by atoms with Crippen LogP contribution < -0.4 is 10.1 Å². The van der Waals surface area contributed by atoms with Gasteiger partial charge in [0.15, 0.2) is 0 Å². The highest BCUT2D eigenvalue weighted by molar-refractivity contribution is 5.43. The van der Waals surface area contributed by atoms with Crippen LogP contribution in [-0.4, -0.2) is 21.8 Å². The van der Waals surface area contributed by atoms with Gasteiger partial charge in [0.2, 0.25) is 0 Å². The molecule has 0 atom stereocenters. The molecule has 112 valence electrons. The van der Waals surface area contributed by atoms with Crippen LogP contribution in [0.15, 0.2) is 24.3 Å². The fourth-order valence-corrected chi connectivity index (χ4v) is 2.10. The Balaban J connectivity index is 2.18. The molecule has 0 unspecified atom stereocenters. The zero-order valence-corrected chi connectivity index (χ0v) is 12.3. The van der Waals surface area contributed by atoms with E-state index in [1.165, 1.54) is 12.1 Å². The van der Waals surface area contributed by atoms with E-state index in [9.17, 15) is 10.1 Å². The summed E-state index contributed by atoms with van der Waals surface area (Å²) in [5.74, 6) is 0.633. The molecule has 2 rings (SSSR count). The van der Waals surface area contributed by atoms with Crippen LogP contribution in [0.5, 0.6) is 5.75 Å². The van der Waals surface area contributed by atoms with Crippen molar-refractivity contribution >= 4 is 5.69 Å². The molecule has 0 fully saturated rings. The number of benzene rings is 1. The summed E-state index contributed by atoms with van der Waals surface area (Å²) in [7, 11) is 3.64. The molecule has 1 N–H and O–H groups in total. The van der Waals surface area contributed by atoms with E-state index in [0.29, 0.717) is 18.9 Å². The summed E-state index contributed by atoms with van der Waals surface area (Å²) in [6, 6.07) is 6.56. The second-order valence-electron chi connectivity index (χ2n) is 4.77. The van der Waals surface area contributed by atoms with E-state index in [4.69, 9.17) is 4.74 Å². The molecule has 0 spiro atoms. The number of non-ortho nitro benzene ring substituents is 1. The second kappa shape index (κ2) is 6.36. The molecular weight excluding hydrogens is 272 g/mol. The molecule has 0 saturated heterocycles. The lowest BCUT2D eigenvalue weighted by molar-refractivity contribution is -0.384. The average Bonchev–Trinajstić information content (AvgIpc) is 2.75. The highest BCUT2D eigenvalue weighted by Crippen LogP contribution is 2.25. The van der Waals surface area contributed by atoms with Crippen molar-refractivity contribution < 1.29 is 9.66 Å². The third kappa shape index (κ3) is 3.57. The number of aryl methyl sites for hydroxylation is 2. The number of hydrogen-bond donors (Lipinski definition) is 1. The molecule has 21 heavy (non-hydrogen) atoms. The average molecular weight is 290 g/mol. The minimum absolute atomic E-state index is 0.0592. The molecule has 0 aliphatic heterocycles. The van der Waals surface area contributed by atoms with Gasteiger partial charge in [0, 0.05) is 31.3 Å². The highest BCUT2D eigenvalue weighted by Gasteiger charge is 2.12. The van der Waals surface area contributed by atoms with Crippen LogP contribution >= 0.6 is 0 Å². The van der Waals surface area contributed by atoms with Crippen molar-refractivity contribution in [3.05, 3.63) is 51.3 Å². The maximum Gasteiger partial charge on any atom is 0.270 e. The fourth-order valence-electron chi connectivity index (χ4n) is 2.10. The quantitative estimate of drug-likeness (QED) is 0.649. The molecule has 0 amide bonds. The Morgan fingerprint density at radius 2 is 2.19 bits per heavy atom. The lowest BCUT2D eigenvalue weighted by Gasteiger charge is -2.11. The van der Waals surface area contributed by atoms with Crippen LogP contribution in [0.1, 0.15) is 17.0 Å². The largest absolute Gasteiger partial charge is 0.487 e. The van der Waals surface area contributed by atoms with Crippen molar-refractivity contribution in [2.24, 2.45) is 7.05 Å². The van der Waals surface area contributed by atoms with Crippen LogP contribution in [0.2, 0.25) is 0 Å². The number of nitrogens with one attached hydrogen (secondary N) is 1. The van der Waals surface area contributed by atoms with Gasteiger partial charge in [-0.1, -0.05) is 0 Å². The summed E-state index contributed by atoms with van der Waals surface area (Å²) >= 11 is 0. The lowest BCUT2D eigenvalue weighted by atomic mass is 10.1. The molecule has 0 aliphatic carbocycles. The third-order valence-electron chi connectivity index (χ3n) is 3.10. The number of rotatable bonds is 6. The highest BCUT2D eigenvalue weighted by atomic mass is 16.6. The van der Waals surface area contributed by atoms with Gasteiger partial charge in [0.1, 0.15) is 12.4 Å². The van der Waals surface area contributed by atoms with Crippen molar-refractivity contribution in [3.63, 3.8) is 0 Å². The molecular formula is C14H18N4O3. The van der Waals surface area contributed by atoms with Crippen molar-refractivity contribution in [1.82, 2.24) is 15.1 Å². The fraction of sp³-hybridized carbons (Fsp3) is 0.357. The van der Waals surface area contributed by atoms with Gasteiger partial charge >= 0.3 is 0 Å². The number of nitro groups is 1. The minimum Gasteiger partial charge on any atom is -0.487 e. The molecule has 0 bridgehead atoms. The summed E-state index contributed by atoms with van der Waals surface area (Å²) in [5, 5.41) is 18.1. The first-order valence-electron chi connectivity index (χ1n) is 6.55. The number of nitrogens with zero attached hydrogens (tertiary/aromatic N) is 3. The van der Waals surface area contributed by atoms with Gasteiger partial charge in [-0.2, -0.15) is 5.10 Å². The molecule has 7 heteroatoms. The molecule has 7 nitrogen and oxygen atoms in total. The van der Waals surface area contributed by atoms with Crippen molar-refractivity contribution in [2.75, 3.05) is 7.05 Å². The standard InChI is InChI=1S/C14H18N4O3/c1-10-6-13(17(3)16-10)9-21-14-5-4-12(18(19)20)7-11(14)8-15-2/h4-7,15H,8-9H2,1-3H3. The van der Waals surface area contributed by atoms with E-state index in [0.717, 1.165) is 17.0 Å². The molecule has 0 saturated carbocycles. The maximum absolute atomic E-state index is 10.8. The lowest BCUT2D eigenvalue weighted by Crippen LogP contribution is -2.09. The van der Waals surface area contributed by atoms with Crippen LogP contribution in [-0.2, 0) is 20.2 Å². The first-order valence-corrected chi connectivity index (χ1v) is 6.55. The summed E-state index contributed by atoms with van der Waals surface area (Å²) in [6.07, 6.45) is 0. The zero-order chi connectivity index (χ0) is 15.4. The Bertz CT molecular complexity index is 652. The van der Waals surface area contributed by atoms with Gasteiger partial charge in [-0.25, -0.2) is 0 Å². The van der Waals surface area contributed by atoms with Crippen LogP contribution in [0.3, 0.4) is 0 Å². The first-order chi connectivity index (χ1) is 10.0. The molecule has 1 aromatic heterocycles. The summed E-state index contributed by atoms with van der Waals surface area (Å²) in [6.45, 7) is 2.79. The van der Waals surface area contributed by atoms with Crippen LogP contribution in [0, 0.1) is 17.0 Å². The number of nitro benzene ring substituents is 1. The van der Waals surface area contributed by atoms with E-state index in [1.54, 1.807) is 17.8 Å². The van der Waals surface area contributed by atoms with Gasteiger partial charge in [0.05, 0.1) is 16.3 Å². The van der Waals surface area contributed by atoms with E-state index in [2.05, 4.69) is 10.4 Å². The number of ether oxygens (including phenoxy) is 1. The van der Waals surface area contributed by atoms with Crippen molar-refractivity contribution in [3.8, 4) is 5.75 Å².